The third-order valence-electron chi connectivity index (χ3n) is 5.28. The highest BCUT2D eigenvalue weighted by atomic mass is 32.2. The summed E-state index contributed by atoms with van der Waals surface area (Å²) in [6.07, 6.45) is 3.30. The molecule has 3 aromatic rings. The molecule has 7 nitrogen and oxygen atoms in total. The molecule has 2 aromatic heterocycles. The van der Waals surface area contributed by atoms with Crippen LogP contribution in [0.5, 0.6) is 0 Å². The van der Waals surface area contributed by atoms with E-state index < -0.39 is 5.91 Å². The summed E-state index contributed by atoms with van der Waals surface area (Å²) in [6, 6.07) is 15.8. The molecule has 0 fully saturated rings. The van der Waals surface area contributed by atoms with E-state index in [0.717, 1.165) is 23.5 Å². The quantitative estimate of drug-likeness (QED) is 0.622. The zero-order chi connectivity index (χ0) is 21.5. The first-order chi connectivity index (χ1) is 15.0. The van der Waals surface area contributed by atoms with Crippen molar-refractivity contribution in [3.63, 3.8) is 0 Å². The summed E-state index contributed by atoms with van der Waals surface area (Å²) in [4.78, 5) is 16.9. The van der Waals surface area contributed by atoms with Crippen LogP contribution in [0, 0.1) is 19.3 Å². The van der Waals surface area contributed by atoms with Crippen molar-refractivity contribution in [3.8, 4) is 0 Å². The predicted octanol–water partition coefficient (Wildman–Crippen LogP) is 4.41. The fraction of sp³-hybridized carbons (Fsp3) is 0.130. The van der Waals surface area contributed by atoms with E-state index >= 15 is 0 Å². The average molecular weight is 430 g/mol. The van der Waals surface area contributed by atoms with E-state index in [0.29, 0.717) is 16.0 Å². The van der Waals surface area contributed by atoms with Gasteiger partial charge in [-0.3, -0.25) is 10.2 Å². The molecule has 0 bridgehead atoms. The molecular weight excluding hydrogens is 410 g/mol. The lowest BCUT2D eigenvalue weighted by molar-refractivity contribution is -0.114. The van der Waals surface area contributed by atoms with Crippen molar-refractivity contribution in [1.29, 1.82) is 5.41 Å². The van der Waals surface area contributed by atoms with Gasteiger partial charge in [-0.25, -0.2) is 0 Å². The van der Waals surface area contributed by atoms with Crippen LogP contribution < -0.4 is 0 Å². The Morgan fingerprint density at radius 3 is 2.71 bits per heavy atom. The highest BCUT2D eigenvalue weighted by molar-refractivity contribution is 8.27. The number of benzene rings is 1. The first kappa shape index (κ1) is 19.3. The van der Waals surface area contributed by atoms with Gasteiger partial charge >= 0.3 is 0 Å². The molecule has 8 heteroatoms. The van der Waals surface area contributed by atoms with E-state index in [-0.39, 0.29) is 11.4 Å². The third kappa shape index (κ3) is 3.44. The number of rotatable bonds is 4. The van der Waals surface area contributed by atoms with Crippen molar-refractivity contribution in [2.24, 2.45) is 10.1 Å². The molecule has 5 rings (SSSR count). The van der Waals surface area contributed by atoms with Crippen LogP contribution in [0.4, 0.5) is 0 Å². The van der Waals surface area contributed by atoms with Gasteiger partial charge in [0.2, 0.25) is 5.17 Å². The van der Waals surface area contributed by atoms with Crippen molar-refractivity contribution in [3.05, 3.63) is 88.6 Å². The Morgan fingerprint density at radius 1 is 1.16 bits per heavy atom. The van der Waals surface area contributed by atoms with Gasteiger partial charge in [0.25, 0.3) is 5.91 Å². The number of fused-ring (bicyclic) bond motifs is 1. The number of hydrogen-bond donors (Lipinski definition) is 1. The van der Waals surface area contributed by atoms with Gasteiger partial charge < -0.3 is 8.98 Å². The van der Waals surface area contributed by atoms with Gasteiger partial charge in [-0.1, -0.05) is 30.3 Å². The number of hydrazone groups is 1. The molecule has 0 unspecified atom stereocenters. The summed E-state index contributed by atoms with van der Waals surface area (Å²) < 4.78 is 7.58. The first-order valence-corrected chi connectivity index (χ1v) is 10.6. The zero-order valence-corrected chi connectivity index (χ0v) is 17.8. The SMILES string of the molecule is Cc1cc(/C=C2\C(=N)N3N=C(c4ccco4)SC3=NC2=O)c(C)n1Cc1ccccc1. The van der Waals surface area contributed by atoms with Crippen molar-refractivity contribution >= 4 is 39.8 Å². The number of amides is 1. The van der Waals surface area contributed by atoms with E-state index in [1.54, 1.807) is 24.5 Å². The number of carbonyl (C=O) groups is 1. The number of nitrogens with one attached hydrogen (secondary N) is 1. The minimum atomic E-state index is -0.437. The van der Waals surface area contributed by atoms with Crippen molar-refractivity contribution < 1.29 is 9.21 Å². The molecule has 31 heavy (non-hydrogen) atoms. The largest absolute Gasteiger partial charge is 0.462 e. The number of aryl methyl sites for hydroxylation is 1. The van der Waals surface area contributed by atoms with Gasteiger partial charge in [0.1, 0.15) is 0 Å². The first-order valence-electron chi connectivity index (χ1n) is 9.76. The van der Waals surface area contributed by atoms with Crippen LogP contribution in [0.1, 0.15) is 28.3 Å². The number of amidine groups is 2. The average Bonchev–Trinajstić information content (AvgIpc) is 3.48. The van der Waals surface area contributed by atoms with Crippen LogP contribution in [0.25, 0.3) is 6.08 Å². The van der Waals surface area contributed by atoms with Gasteiger partial charge in [0.15, 0.2) is 16.6 Å². The fourth-order valence-electron chi connectivity index (χ4n) is 3.63. The van der Waals surface area contributed by atoms with E-state index in [4.69, 9.17) is 9.83 Å². The molecule has 0 aliphatic carbocycles. The maximum atomic E-state index is 12.7. The molecule has 4 heterocycles. The highest BCUT2D eigenvalue weighted by Crippen LogP contribution is 2.31. The zero-order valence-electron chi connectivity index (χ0n) is 17.0. The Hall–Kier alpha value is -3.65. The molecule has 2 aliphatic rings. The lowest BCUT2D eigenvalue weighted by atomic mass is 10.1. The molecule has 1 aromatic carbocycles. The van der Waals surface area contributed by atoms with E-state index in [9.17, 15) is 4.79 Å². The molecule has 1 amide bonds. The van der Waals surface area contributed by atoms with E-state index in [1.807, 2.05) is 38.1 Å². The second kappa shape index (κ2) is 7.55. The van der Waals surface area contributed by atoms with Gasteiger partial charge in [-0.15, -0.1) is 0 Å². The number of aromatic nitrogens is 1. The number of carbonyl (C=O) groups excluding carboxylic acids is 1. The number of hydrogen-bond acceptors (Lipinski definition) is 5. The van der Waals surface area contributed by atoms with Crippen LogP contribution in [-0.4, -0.2) is 31.5 Å². The predicted molar refractivity (Wildman–Crippen MR) is 122 cm³/mol. The Bertz CT molecular complexity index is 1280. The van der Waals surface area contributed by atoms with Gasteiger partial charge in [-0.05, 0) is 61.0 Å². The molecular formula is C23H19N5O2S. The van der Waals surface area contributed by atoms with E-state index in [2.05, 4.69) is 26.8 Å². The summed E-state index contributed by atoms with van der Waals surface area (Å²) in [5, 5.41) is 15.3. The lowest BCUT2D eigenvalue weighted by Crippen LogP contribution is -2.35. The number of thioether (sulfide) groups is 1. The summed E-state index contributed by atoms with van der Waals surface area (Å²) >= 11 is 1.22. The third-order valence-corrected chi connectivity index (χ3v) is 6.21. The normalized spacial score (nSPS) is 17.2. The molecule has 0 radical (unpaired) electrons. The lowest BCUT2D eigenvalue weighted by Gasteiger charge is -2.20. The maximum Gasteiger partial charge on any atom is 0.283 e. The monoisotopic (exact) mass is 429 g/mol. The minimum Gasteiger partial charge on any atom is -0.462 e. The highest BCUT2D eigenvalue weighted by Gasteiger charge is 2.36. The molecule has 1 N–H and O–H groups in total. The van der Waals surface area contributed by atoms with Crippen molar-refractivity contribution in [1.82, 2.24) is 9.58 Å². The summed E-state index contributed by atoms with van der Waals surface area (Å²) in [5.41, 5.74) is 4.42. The Balaban J connectivity index is 1.47. The second-order valence-corrected chi connectivity index (χ2v) is 8.26. The van der Waals surface area contributed by atoms with E-state index in [1.165, 1.54) is 22.3 Å². The smallest absolute Gasteiger partial charge is 0.283 e. The maximum absolute atomic E-state index is 12.7. The molecule has 2 aliphatic heterocycles. The Labute approximate surface area is 183 Å². The Morgan fingerprint density at radius 2 is 1.97 bits per heavy atom. The molecule has 0 saturated heterocycles. The summed E-state index contributed by atoms with van der Waals surface area (Å²) in [7, 11) is 0. The van der Waals surface area contributed by atoms with Crippen LogP contribution in [0.15, 0.2) is 74.9 Å². The standard InChI is InChI=1S/C23H19N5O2S/c1-14-11-17(15(2)27(14)13-16-7-4-3-5-8-16)12-18-20(24)28-23(25-21(18)29)31-22(26-28)19-9-6-10-30-19/h3-12,24H,13H2,1-2H3/b18-12+,24-20?. The van der Waals surface area contributed by atoms with Gasteiger partial charge in [0.05, 0.1) is 11.8 Å². The molecule has 154 valence electrons. The van der Waals surface area contributed by atoms with Crippen molar-refractivity contribution in [2.45, 2.75) is 20.4 Å². The second-order valence-electron chi connectivity index (χ2n) is 7.30. The van der Waals surface area contributed by atoms with Crippen molar-refractivity contribution in [2.75, 3.05) is 0 Å². The topological polar surface area (TPSA) is 87.0 Å². The van der Waals surface area contributed by atoms with Crippen LogP contribution in [0.2, 0.25) is 0 Å². The van der Waals surface area contributed by atoms with Gasteiger partial charge in [-0.2, -0.15) is 15.1 Å². The molecule has 0 atom stereocenters. The number of nitrogens with zero attached hydrogens (tertiary/aromatic N) is 4. The van der Waals surface area contributed by atoms with Crippen LogP contribution >= 0.6 is 11.8 Å². The number of furan rings is 1. The Kier molecular flexibility index (Phi) is 4.71. The van der Waals surface area contributed by atoms with Gasteiger partial charge in [0, 0.05) is 17.9 Å². The molecule has 0 spiro atoms. The molecule has 0 saturated carbocycles. The minimum absolute atomic E-state index is 0.0110. The summed E-state index contributed by atoms with van der Waals surface area (Å²) in [5.74, 6) is 0.154. The van der Waals surface area contributed by atoms with Crippen LogP contribution in [0.3, 0.4) is 0 Å². The summed E-state index contributed by atoms with van der Waals surface area (Å²) in [6.45, 7) is 4.81. The number of aliphatic imine (C=N–C) groups is 1. The van der Waals surface area contributed by atoms with Crippen LogP contribution in [-0.2, 0) is 11.3 Å². The fourth-order valence-corrected chi connectivity index (χ4v) is 4.49.